The van der Waals surface area contributed by atoms with Crippen LogP contribution >= 0.6 is 22.7 Å². The van der Waals surface area contributed by atoms with E-state index in [4.69, 9.17) is 4.98 Å². The van der Waals surface area contributed by atoms with Crippen molar-refractivity contribution in [2.45, 2.75) is 72.8 Å². The van der Waals surface area contributed by atoms with Gasteiger partial charge in [0, 0.05) is 35.2 Å². The summed E-state index contributed by atoms with van der Waals surface area (Å²) in [5, 5.41) is 0.822. The number of hydrogen-bond donors (Lipinski definition) is 0. The lowest BCUT2D eigenvalue weighted by atomic mass is 9.94. The minimum Gasteiger partial charge on any atom is -0.339 e. The first-order valence-electron chi connectivity index (χ1n) is 14.8. The number of likely N-dealkylation sites (tertiary alicyclic amines) is 1. The molecule has 0 saturated carbocycles. The summed E-state index contributed by atoms with van der Waals surface area (Å²) in [4.78, 5) is 48.8. The summed E-state index contributed by atoms with van der Waals surface area (Å²) in [6.07, 6.45) is 6.52. The average Bonchev–Trinajstić information content (AvgIpc) is 3.47. The normalized spacial score (nSPS) is 14.9. The van der Waals surface area contributed by atoms with Gasteiger partial charge in [0.25, 0.3) is 11.5 Å². The maximum Gasteiger partial charge on any atom is 0.269 e. The van der Waals surface area contributed by atoms with Crippen LogP contribution in [0.5, 0.6) is 0 Å². The van der Waals surface area contributed by atoms with Gasteiger partial charge in [-0.3, -0.25) is 19.0 Å². The highest BCUT2D eigenvalue weighted by Crippen LogP contribution is 2.31. The molecule has 0 aliphatic carbocycles. The quantitative estimate of drug-likeness (QED) is 0.260. The van der Waals surface area contributed by atoms with Crippen LogP contribution in [0.3, 0.4) is 0 Å². The van der Waals surface area contributed by atoms with E-state index in [1.165, 1.54) is 16.2 Å². The molecule has 2 aromatic carbocycles. The van der Waals surface area contributed by atoms with Crippen molar-refractivity contribution >= 4 is 46.5 Å². The third-order valence-corrected chi connectivity index (χ3v) is 10.3. The van der Waals surface area contributed by atoms with Gasteiger partial charge in [0.05, 0.1) is 16.8 Å². The van der Waals surface area contributed by atoms with E-state index in [0.717, 1.165) is 54.2 Å². The van der Waals surface area contributed by atoms with Gasteiger partial charge in [-0.2, -0.15) is 0 Å². The number of benzene rings is 2. The smallest absolute Gasteiger partial charge is 0.269 e. The highest BCUT2D eigenvalue weighted by molar-refractivity contribution is 7.12. The molecule has 3 heterocycles. The number of ketones is 1. The Labute approximate surface area is 261 Å². The minimum absolute atomic E-state index is 0.00631. The molecule has 0 radical (unpaired) electrons. The van der Waals surface area contributed by atoms with Gasteiger partial charge in [-0.25, -0.2) is 4.98 Å². The molecule has 0 atom stereocenters. The summed E-state index contributed by atoms with van der Waals surface area (Å²) in [5.74, 6) is -0.159. The molecule has 1 fully saturated rings. The van der Waals surface area contributed by atoms with Gasteiger partial charge >= 0.3 is 0 Å². The van der Waals surface area contributed by atoms with Crippen LogP contribution in [0.25, 0.3) is 12.2 Å². The van der Waals surface area contributed by atoms with Crippen molar-refractivity contribution in [3.63, 3.8) is 0 Å². The van der Waals surface area contributed by atoms with Crippen molar-refractivity contribution in [3.05, 3.63) is 105 Å². The monoisotopic (exact) mass is 613 g/mol. The Morgan fingerprint density at radius 2 is 1.63 bits per heavy atom. The molecule has 0 bridgehead atoms. The first-order chi connectivity index (χ1) is 20.4. The summed E-state index contributed by atoms with van der Waals surface area (Å²) in [5.41, 5.74) is 4.61. The van der Waals surface area contributed by atoms with Gasteiger partial charge in [-0.15, -0.1) is 22.7 Å². The van der Waals surface area contributed by atoms with Gasteiger partial charge < -0.3 is 4.90 Å². The zero-order valence-electron chi connectivity index (χ0n) is 25.8. The third-order valence-electron chi connectivity index (χ3n) is 7.63. The molecule has 1 aliphatic rings. The molecular formula is C35H39N3O3S2. The first-order valence-corrected chi connectivity index (χ1v) is 16.4. The number of amides is 1. The molecule has 6 nitrogen and oxygen atoms in total. The number of nitrogens with zero attached hydrogens (tertiary/aromatic N) is 3. The number of carbonyl (C=O) groups is 2. The summed E-state index contributed by atoms with van der Waals surface area (Å²) in [6, 6.07) is 13.2. The zero-order chi connectivity index (χ0) is 30.9. The molecule has 43 heavy (non-hydrogen) atoms. The second kappa shape index (κ2) is 12.5. The van der Waals surface area contributed by atoms with E-state index in [9.17, 15) is 14.4 Å². The topological polar surface area (TPSA) is 72.3 Å². The fraction of sp³-hybridized carbons (Fsp3) is 0.371. The number of piperidine rings is 1. The fourth-order valence-electron chi connectivity index (χ4n) is 5.68. The van der Waals surface area contributed by atoms with Crippen molar-refractivity contribution in [2.24, 2.45) is 0 Å². The van der Waals surface area contributed by atoms with Gasteiger partial charge in [-0.05, 0) is 75.3 Å². The summed E-state index contributed by atoms with van der Waals surface area (Å²) in [7, 11) is 0. The molecule has 4 aromatic rings. The molecule has 8 heteroatoms. The molecular weight excluding hydrogens is 575 g/mol. The van der Waals surface area contributed by atoms with E-state index in [1.54, 1.807) is 28.1 Å². The molecule has 0 spiro atoms. The molecule has 0 unspecified atom stereocenters. The van der Waals surface area contributed by atoms with Crippen LogP contribution in [0, 0.1) is 20.8 Å². The second-order valence-corrected chi connectivity index (χ2v) is 14.6. The average molecular weight is 614 g/mol. The van der Waals surface area contributed by atoms with E-state index >= 15 is 0 Å². The van der Waals surface area contributed by atoms with Gasteiger partial charge in [0.2, 0.25) is 0 Å². The highest BCUT2D eigenvalue weighted by atomic mass is 32.1. The molecule has 1 aliphatic heterocycles. The van der Waals surface area contributed by atoms with Crippen LogP contribution < -0.4 is 14.8 Å². The van der Waals surface area contributed by atoms with Gasteiger partial charge in [0.1, 0.15) is 9.67 Å². The van der Waals surface area contributed by atoms with Crippen LogP contribution in [-0.4, -0.2) is 39.2 Å². The maximum atomic E-state index is 14.0. The molecule has 2 aromatic heterocycles. The predicted molar refractivity (Wildman–Crippen MR) is 177 cm³/mol. The molecule has 0 N–H and O–H groups in total. The molecule has 1 saturated heterocycles. The lowest BCUT2D eigenvalue weighted by Crippen LogP contribution is -2.36. The standard InChI is InChI=1S/C35H39N3O3S2/c1-22-16-23(2)18-26(17-22)28(39)20-31-38(21-30-36-24(3)32(43-30)35(4,5)6)34(41)29(42-31)19-25-12-8-9-13-27(25)33(40)37-14-10-7-11-15-37/h8-9,12-13,16-20H,7,10-11,14-15,21H2,1-6H3/b29-19+,31-20-. The number of rotatable bonds is 6. The Morgan fingerprint density at radius 3 is 2.28 bits per heavy atom. The number of carbonyl (C=O) groups excluding carboxylic acids is 2. The Kier molecular flexibility index (Phi) is 8.99. The van der Waals surface area contributed by atoms with Crippen molar-refractivity contribution in [1.82, 2.24) is 14.5 Å². The second-order valence-electron chi connectivity index (χ2n) is 12.4. The number of Topliss-reactive ketones (excluding diaryl/α,β-unsaturated/α-hetero) is 1. The fourth-order valence-corrected chi connectivity index (χ4v) is 7.83. The largest absolute Gasteiger partial charge is 0.339 e. The molecule has 1 amide bonds. The Bertz CT molecular complexity index is 1840. The van der Waals surface area contributed by atoms with Crippen LogP contribution in [0.2, 0.25) is 0 Å². The van der Waals surface area contributed by atoms with Crippen LogP contribution in [0.4, 0.5) is 0 Å². The SMILES string of the molecule is Cc1cc(C)cc(C(=O)/C=c2\s/c(=C/c3ccccc3C(=O)N3CCCCC3)c(=O)n2Cc2nc(C)c(C(C)(C)C)s2)c1. The minimum atomic E-state index is -0.199. The van der Waals surface area contributed by atoms with E-state index in [0.29, 0.717) is 25.9 Å². The van der Waals surface area contributed by atoms with Gasteiger partial charge in [0.15, 0.2) is 5.78 Å². The number of aromatic nitrogens is 2. The number of aryl methyl sites for hydroxylation is 3. The van der Waals surface area contributed by atoms with Crippen molar-refractivity contribution in [1.29, 1.82) is 0 Å². The van der Waals surface area contributed by atoms with Crippen LogP contribution in [-0.2, 0) is 12.0 Å². The Balaban J connectivity index is 1.63. The van der Waals surface area contributed by atoms with Crippen molar-refractivity contribution in [3.8, 4) is 0 Å². The van der Waals surface area contributed by atoms with Crippen molar-refractivity contribution < 1.29 is 9.59 Å². The summed E-state index contributed by atoms with van der Waals surface area (Å²) < 4.78 is 2.68. The van der Waals surface area contributed by atoms with E-state index in [2.05, 4.69) is 20.8 Å². The third kappa shape index (κ3) is 6.97. The number of thiazole rings is 2. The Hall–Kier alpha value is -3.62. The summed E-state index contributed by atoms with van der Waals surface area (Å²) >= 11 is 2.88. The predicted octanol–water partition coefficient (Wildman–Crippen LogP) is 5.76. The van der Waals surface area contributed by atoms with Crippen LogP contribution in [0.1, 0.15) is 93.0 Å². The molecule has 5 rings (SSSR count). The van der Waals surface area contributed by atoms with Crippen molar-refractivity contribution in [2.75, 3.05) is 13.1 Å². The highest BCUT2D eigenvalue weighted by Gasteiger charge is 2.22. The Morgan fingerprint density at radius 1 is 0.953 bits per heavy atom. The van der Waals surface area contributed by atoms with Crippen LogP contribution in [0.15, 0.2) is 47.3 Å². The zero-order valence-corrected chi connectivity index (χ0v) is 27.5. The maximum absolute atomic E-state index is 14.0. The van der Waals surface area contributed by atoms with E-state index in [-0.39, 0.29) is 29.2 Å². The van der Waals surface area contributed by atoms with E-state index in [1.807, 2.05) is 68.1 Å². The lowest BCUT2D eigenvalue weighted by molar-refractivity contribution is 0.0724. The van der Waals surface area contributed by atoms with Gasteiger partial charge in [-0.1, -0.05) is 56.2 Å². The number of hydrogen-bond acceptors (Lipinski definition) is 6. The summed E-state index contributed by atoms with van der Waals surface area (Å²) in [6.45, 7) is 14.2. The van der Waals surface area contributed by atoms with E-state index < -0.39 is 0 Å². The first kappa shape index (κ1) is 30.8. The lowest BCUT2D eigenvalue weighted by Gasteiger charge is -2.27. The molecule has 224 valence electrons.